The number of anilines is 1. The van der Waals surface area contributed by atoms with Crippen LogP contribution >= 0.6 is 23.2 Å². The van der Waals surface area contributed by atoms with Crippen molar-refractivity contribution in [3.63, 3.8) is 0 Å². The molecule has 0 atom stereocenters. The summed E-state index contributed by atoms with van der Waals surface area (Å²) in [5, 5.41) is 0.520. The van der Waals surface area contributed by atoms with Crippen LogP contribution in [0.5, 0.6) is 0 Å². The van der Waals surface area contributed by atoms with E-state index in [0.29, 0.717) is 16.3 Å². The van der Waals surface area contributed by atoms with Crippen molar-refractivity contribution in [2.75, 3.05) is 4.72 Å². The average molecular weight is 392 g/mol. The highest BCUT2D eigenvalue weighted by Gasteiger charge is 2.20. The third-order valence-electron chi connectivity index (χ3n) is 3.76. The van der Waals surface area contributed by atoms with Gasteiger partial charge in [-0.05, 0) is 36.2 Å². The first-order chi connectivity index (χ1) is 11.9. The SMILES string of the molecule is Cc1cc(Cl)c(Cl)cc1S(=O)(=O)Nc1ccccc1-c1ccccc1. The topological polar surface area (TPSA) is 46.2 Å². The van der Waals surface area contributed by atoms with E-state index >= 15 is 0 Å². The predicted octanol–water partition coefficient (Wildman–Crippen LogP) is 5.77. The van der Waals surface area contributed by atoms with Crippen LogP contribution in [0, 0.1) is 6.92 Å². The lowest BCUT2D eigenvalue weighted by atomic mass is 10.0. The molecule has 0 aliphatic carbocycles. The fraction of sp³-hybridized carbons (Fsp3) is 0.0526. The third-order valence-corrected chi connectivity index (χ3v) is 5.99. The molecular formula is C19H15Cl2NO2S. The lowest BCUT2D eigenvalue weighted by molar-refractivity contribution is 0.600. The number of sulfonamides is 1. The van der Waals surface area contributed by atoms with Crippen molar-refractivity contribution in [1.82, 2.24) is 0 Å². The minimum Gasteiger partial charge on any atom is -0.279 e. The normalized spacial score (nSPS) is 11.3. The molecule has 0 heterocycles. The number of aryl methyl sites for hydroxylation is 1. The highest BCUT2D eigenvalue weighted by molar-refractivity contribution is 7.92. The summed E-state index contributed by atoms with van der Waals surface area (Å²) in [7, 11) is -3.81. The van der Waals surface area contributed by atoms with Crippen molar-refractivity contribution in [3.05, 3.63) is 82.3 Å². The molecule has 1 N–H and O–H groups in total. The molecule has 0 aliphatic heterocycles. The lowest BCUT2D eigenvalue weighted by Crippen LogP contribution is -2.15. The zero-order chi connectivity index (χ0) is 18.0. The molecule has 3 aromatic rings. The monoisotopic (exact) mass is 391 g/mol. The van der Waals surface area contributed by atoms with Gasteiger partial charge < -0.3 is 0 Å². The number of hydrogen-bond acceptors (Lipinski definition) is 2. The number of halogens is 2. The highest BCUT2D eigenvalue weighted by atomic mass is 35.5. The van der Waals surface area contributed by atoms with E-state index in [2.05, 4.69) is 4.72 Å². The quantitative estimate of drug-likeness (QED) is 0.613. The molecule has 6 heteroatoms. The van der Waals surface area contributed by atoms with Crippen LogP contribution in [-0.2, 0) is 10.0 Å². The van der Waals surface area contributed by atoms with Gasteiger partial charge in [0.05, 0.1) is 20.6 Å². The molecule has 25 heavy (non-hydrogen) atoms. The van der Waals surface area contributed by atoms with Crippen LogP contribution in [0.25, 0.3) is 11.1 Å². The van der Waals surface area contributed by atoms with E-state index in [4.69, 9.17) is 23.2 Å². The summed E-state index contributed by atoms with van der Waals surface area (Å²) >= 11 is 12.0. The lowest BCUT2D eigenvalue weighted by Gasteiger charge is -2.14. The zero-order valence-electron chi connectivity index (χ0n) is 13.3. The first kappa shape index (κ1) is 17.8. The second-order valence-corrected chi connectivity index (χ2v) is 8.01. The fourth-order valence-electron chi connectivity index (χ4n) is 2.56. The Bertz CT molecular complexity index is 1020. The van der Waals surface area contributed by atoms with Gasteiger partial charge in [-0.1, -0.05) is 71.7 Å². The van der Waals surface area contributed by atoms with Crippen LogP contribution in [-0.4, -0.2) is 8.42 Å². The Hall–Kier alpha value is -2.01. The molecule has 3 nitrogen and oxygen atoms in total. The number of hydrogen-bond donors (Lipinski definition) is 1. The van der Waals surface area contributed by atoms with E-state index in [9.17, 15) is 8.42 Å². The molecule has 0 aromatic heterocycles. The van der Waals surface area contributed by atoms with Crippen molar-refractivity contribution < 1.29 is 8.42 Å². The molecule has 0 amide bonds. The number of benzene rings is 3. The summed E-state index contributed by atoms with van der Waals surface area (Å²) in [6, 6.07) is 19.7. The van der Waals surface area contributed by atoms with Crippen molar-refractivity contribution >= 4 is 38.9 Å². The van der Waals surface area contributed by atoms with Crippen LogP contribution in [0.2, 0.25) is 10.0 Å². The average Bonchev–Trinajstić information content (AvgIpc) is 2.59. The summed E-state index contributed by atoms with van der Waals surface area (Å²) in [6.07, 6.45) is 0. The van der Waals surface area contributed by atoms with Crippen molar-refractivity contribution in [2.24, 2.45) is 0 Å². The van der Waals surface area contributed by atoms with Gasteiger partial charge in [0.1, 0.15) is 0 Å². The minimum absolute atomic E-state index is 0.102. The van der Waals surface area contributed by atoms with E-state index < -0.39 is 10.0 Å². The van der Waals surface area contributed by atoms with Crippen LogP contribution in [0.1, 0.15) is 5.56 Å². The van der Waals surface area contributed by atoms with Gasteiger partial charge in [-0.25, -0.2) is 8.42 Å². The molecule has 0 fully saturated rings. The maximum absolute atomic E-state index is 12.9. The van der Waals surface area contributed by atoms with Crippen LogP contribution in [0.3, 0.4) is 0 Å². The Kier molecular flexibility index (Phi) is 5.04. The fourth-order valence-corrected chi connectivity index (χ4v) is 4.34. The van der Waals surface area contributed by atoms with Gasteiger partial charge in [-0.15, -0.1) is 0 Å². The number of rotatable bonds is 4. The Balaban J connectivity index is 2.05. The van der Waals surface area contributed by atoms with Gasteiger partial charge in [0.25, 0.3) is 10.0 Å². The van der Waals surface area contributed by atoms with Crippen LogP contribution in [0.15, 0.2) is 71.6 Å². The molecule has 0 radical (unpaired) electrons. The first-order valence-electron chi connectivity index (χ1n) is 7.51. The van der Waals surface area contributed by atoms with E-state index in [-0.39, 0.29) is 9.92 Å². The second-order valence-electron chi connectivity index (χ2n) is 5.55. The molecule has 0 bridgehead atoms. The Morgan fingerprint density at radius 2 is 1.44 bits per heavy atom. The van der Waals surface area contributed by atoms with E-state index in [0.717, 1.165) is 11.1 Å². The predicted molar refractivity (Wildman–Crippen MR) is 104 cm³/mol. The minimum atomic E-state index is -3.81. The van der Waals surface area contributed by atoms with Crippen molar-refractivity contribution in [2.45, 2.75) is 11.8 Å². The van der Waals surface area contributed by atoms with Gasteiger partial charge in [0.2, 0.25) is 0 Å². The number of para-hydroxylation sites is 1. The molecule has 128 valence electrons. The van der Waals surface area contributed by atoms with Gasteiger partial charge in [-0.3, -0.25) is 4.72 Å². The molecule has 3 aromatic carbocycles. The van der Waals surface area contributed by atoms with Crippen LogP contribution < -0.4 is 4.72 Å². The smallest absolute Gasteiger partial charge is 0.262 e. The van der Waals surface area contributed by atoms with E-state index in [1.165, 1.54) is 6.07 Å². The Labute approximate surface area is 157 Å². The summed E-state index contributed by atoms with van der Waals surface area (Å²) in [5.41, 5.74) is 2.74. The Morgan fingerprint density at radius 1 is 0.840 bits per heavy atom. The maximum Gasteiger partial charge on any atom is 0.262 e. The number of nitrogens with one attached hydrogen (secondary N) is 1. The third kappa shape index (κ3) is 3.82. The molecule has 3 rings (SSSR count). The van der Waals surface area contributed by atoms with Crippen molar-refractivity contribution in [3.8, 4) is 11.1 Å². The Morgan fingerprint density at radius 3 is 2.16 bits per heavy atom. The maximum atomic E-state index is 12.9. The summed E-state index contributed by atoms with van der Waals surface area (Å²) in [5.74, 6) is 0. The summed E-state index contributed by atoms with van der Waals surface area (Å²) < 4.78 is 28.4. The molecule has 0 aliphatic rings. The molecule has 0 spiro atoms. The molecule has 0 saturated heterocycles. The van der Waals surface area contributed by atoms with E-state index in [1.54, 1.807) is 25.1 Å². The first-order valence-corrected chi connectivity index (χ1v) is 9.75. The van der Waals surface area contributed by atoms with Gasteiger partial charge in [0.15, 0.2) is 0 Å². The van der Waals surface area contributed by atoms with Gasteiger partial charge >= 0.3 is 0 Å². The van der Waals surface area contributed by atoms with Gasteiger partial charge in [0, 0.05) is 5.56 Å². The van der Waals surface area contributed by atoms with Crippen molar-refractivity contribution in [1.29, 1.82) is 0 Å². The van der Waals surface area contributed by atoms with Crippen LogP contribution in [0.4, 0.5) is 5.69 Å². The standard InChI is InChI=1S/C19H15Cl2NO2S/c1-13-11-16(20)17(21)12-19(13)25(23,24)22-18-10-6-5-9-15(18)14-7-3-2-4-8-14/h2-12,22H,1H3. The zero-order valence-corrected chi connectivity index (χ0v) is 15.7. The van der Waals surface area contributed by atoms with E-state index in [1.807, 2.05) is 42.5 Å². The molecule has 0 saturated carbocycles. The van der Waals surface area contributed by atoms with Gasteiger partial charge in [-0.2, -0.15) is 0 Å². The highest BCUT2D eigenvalue weighted by Crippen LogP contribution is 2.32. The molecular weight excluding hydrogens is 377 g/mol. The summed E-state index contributed by atoms with van der Waals surface area (Å²) in [4.78, 5) is 0.102. The summed E-state index contributed by atoms with van der Waals surface area (Å²) in [6.45, 7) is 1.68. The second kappa shape index (κ2) is 7.08. The molecule has 0 unspecified atom stereocenters. The largest absolute Gasteiger partial charge is 0.279 e.